The molecule has 0 spiro atoms. The first kappa shape index (κ1) is 12.8. The Kier molecular flexibility index (Phi) is 3.07. The summed E-state index contributed by atoms with van der Waals surface area (Å²) in [4.78, 5) is 17.7. The number of aliphatic hydroxyl groups is 1. The molecule has 20 heavy (non-hydrogen) atoms. The molecule has 5 heteroatoms. The summed E-state index contributed by atoms with van der Waals surface area (Å²) in [6.45, 7) is 0.199. The van der Waals surface area contributed by atoms with Crippen molar-refractivity contribution in [2.24, 2.45) is 17.8 Å². The predicted octanol–water partition coefficient (Wildman–Crippen LogP) is 2.16. The van der Waals surface area contributed by atoms with Gasteiger partial charge in [-0.1, -0.05) is 0 Å². The minimum Gasteiger partial charge on any atom is -0.396 e. The standard InChI is InChI=1S/C15H20N2O2S/c18-6-11-9-3-4-10(5-9)12(11)17-15(19)14-13(8-1-2-8)16-7-20-14/h7-12,18H,1-6H2,(H,17,19). The van der Waals surface area contributed by atoms with Crippen molar-refractivity contribution in [2.45, 2.75) is 44.1 Å². The molecule has 2 bridgehead atoms. The highest BCUT2D eigenvalue weighted by atomic mass is 32.1. The fraction of sp³-hybridized carbons (Fsp3) is 0.733. The molecule has 1 heterocycles. The maximum Gasteiger partial charge on any atom is 0.263 e. The Balaban J connectivity index is 1.50. The van der Waals surface area contributed by atoms with Crippen LogP contribution in [0, 0.1) is 17.8 Å². The summed E-state index contributed by atoms with van der Waals surface area (Å²) in [6, 6.07) is 0.167. The zero-order chi connectivity index (χ0) is 13.7. The molecule has 108 valence electrons. The molecule has 0 radical (unpaired) electrons. The Morgan fingerprint density at radius 3 is 2.90 bits per heavy atom. The lowest BCUT2D eigenvalue weighted by Crippen LogP contribution is -2.45. The number of carbonyl (C=O) groups excluding carboxylic acids is 1. The van der Waals surface area contributed by atoms with Crippen molar-refractivity contribution in [2.75, 3.05) is 6.61 Å². The number of amides is 1. The Hall–Kier alpha value is -0.940. The molecule has 0 aliphatic heterocycles. The first-order chi connectivity index (χ1) is 9.78. The van der Waals surface area contributed by atoms with Gasteiger partial charge < -0.3 is 10.4 Å². The van der Waals surface area contributed by atoms with Crippen LogP contribution >= 0.6 is 11.3 Å². The van der Waals surface area contributed by atoms with Gasteiger partial charge in [-0.15, -0.1) is 11.3 Å². The van der Waals surface area contributed by atoms with E-state index in [0.29, 0.717) is 17.8 Å². The molecule has 4 rings (SSSR count). The minimum absolute atomic E-state index is 0.0328. The van der Waals surface area contributed by atoms with Crippen LogP contribution in [0.2, 0.25) is 0 Å². The quantitative estimate of drug-likeness (QED) is 0.894. The molecule has 0 saturated heterocycles. The van der Waals surface area contributed by atoms with E-state index in [9.17, 15) is 9.90 Å². The van der Waals surface area contributed by atoms with Gasteiger partial charge in [0.25, 0.3) is 5.91 Å². The molecule has 1 aromatic heterocycles. The number of aromatic nitrogens is 1. The SMILES string of the molecule is O=C(NC1C2CCC(C2)C1CO)c1scnc1C1CC1. The van der Waals surface area contributed by atoms with Crippen molar-refractivity contribution in [3.05, 3.63) is 16.1 Å². The molecule has 3 saturated carbocycles. The Bertz CT molecular complexity index is 526. The molecular formula is C15H20N2O2S. The average Bonchev–Trinajstić information content (AvgIpc) is 2.92. The van der Waals surface area contributed by atoms with Crippen molar-refractivity contribution in [1.82, 2.24) is 10.3 Å². The van der Waals surface area contributed by atoms with Crippen molar-refractivity contribution in [3.8, 4) is 0 Å². The molecule has 4 nitrogen and oxygen atoms in total. The molecule has 3 aliphatic carbocycles. The van der Waals surface area contributed by atoms with E-state index in [1.807, 2.05) is 0 Å². The molecule has 1 aromatic rings. The molecule has 4 atom stereocenters. The number of rotatable bonds is 4. The highest BCUT2D eigenvalue weighted by Crippen LogP contribution is 2.48. The summed E-state index contributed by atoms with van der Waals surface area (Å²) < 4.78 is 0. The second kappa shape index (κ2) is 4.81. The molecular weight excluding hydrogens is 272 g/mol. The lowest BCUT2D eigenvalue weighted by Gasteiger charge is -2.30. The first-order valence-electron chi connectivity index (χ1n) is 7.63. The van der Waals surface area contributed by atoms with Crippen molar-refractivity contribution < 1.29 is 9.90 Å². The number of nitrogens with one attached hydrogen (secondary N) is 1. The summed E-state index contributed by atoms with van der Waals surface area (Å²) in [5.74, 6) is 1.98. The molecule has 3 fully saturated rings. The van der Waals surface area contributed by atoms with E-state index >= 15 is 0 Å². The van der Waals surface area contributed by atoms with Gasteiger partial charge in [0.05, 0.1) is 11.2 Å². The van der Waals surface area contributed by atoms with Gasteiger partial charge in [0, 0.05) is 24.5 Å². The van der Waals surface area contributed by atoms with Gasteiger partial charge in [0.1, 0.15) is 4.88 Å². The van der Waals surface area contributed by atoms with E-state index in [1.165, 1.54) is 30.6 Å². The van der Waals surface area contributed by atoms with Crippen molar-refractivity contribution >= 4 is 17.2 Å². The smallest absolute Gasteiger partial charge is 0.263 e. The molecule has 1 amide bonds. The zero-order valence-electron chi connectivity index (χ0n) is 11.4. The van der Waals surface area contributed by atoms with Crippen LogP contribution in [0.5, 0.6) is 0 Å². The number of aliphatic hydroxyl groups excluding tert-OH is 1. The number of carbonyl (C=O) groups is 1. The van der Waals surface area contributed by atoms with Gasteiger partial charge in [-0.25, -0.2) is 4.98 Å². The van der Waals surface area contributed by atoms with Crippen LogP contribution in [0.15, 0.2) is 5.51 Å². The third kappa shape index (κ3) is 1.99. The first-order valence-corrected chi connectivity index (χ1v) is 8.51. The third-order valence-electron chi connectivity index (χ3n) is 5.36. The summed E-state index contributed by atoms with van der Waals surface area (Å²) >= 11 is 1.45. The maximum atomic E-state index is 12.5. The highest BCUT2D eigenvalue weighted by molar-refractivity contribution is 7.11. The van der Waals surface area contributed by atoms with Crippen LogP contribution in [0.3, 0.4) is 0 Å². The van der Waals surface area contributed by atoms with Crippen molar-refractivity contribution in [1.29, 1.82) is 0 Å². The number of hydrogen-bond acceptors (Lipinski definition) is 4. The fourth-order valence-electron chi connectivity index (χ4n) is 4.19. The van der Waals surface area contributed by atoms with Gasteiger partial charge in [0.15, 0.2) is 0 Å². The lowest BCUT2D eigenvalue weighted by molar-refractivity contribution is 0.0864. The van der Waals surface area contributed by atoms with Crippen LogP contribution in [-0.4, -0.2) is 28.6 Å². The van der Waals surface area contributed by atoms with Crippen LogP contribution < -0.4 is 5.32 Å². The second-order valence-electron chi connectivity index (χ2n) is 6.52. The number of thiazole rings is 1. The van der Waals surface area contributed by atoms with Crippen LogP contribution in [0.1, 0.15) is 53.4 Å². The van der Waals surface area contributed by atoms with Crippen LogP contribution in [0.25, 0.3) is 0 Å². The predicted molar refractivity (Wildman–Crippen MR) is 76.8 cm³/mol. The summed E-state index contributed by atoms with van der Waals surface area (Å²) in [5.41, 5.74) is 2.78. The summed E-state index contributed by atoms with van der Waals surface area (Å²) in [5, 5.41) is 12.8. The van der Waals surface area contributed by atoms with E-state index in [1.54, 1.807) is 5.51 Å². The Labute approximate surface area is 122 Å². The minimum atomic E-state index is 0.0328. The van der Waals surface area contributed by atoms with Gasteiger partial charge >= 0.3 is 0 Å². The Morgan fingerprint density at radius 2 is 2.15 bits per heavy atom. The van der Waals surface area contributed by atoms with E-state index in [2.05, 4.69) is 10.3 Å². The van der Waals surface area contributed by atoms with Gasteiger partial charge in [-0.2, -0.15) is 0 Å². The van der Waals surface area contributed by atoms with E-state index in [4.69, 9.17) is 0 Å². The van der Waals surface area contributed by atoms with Gasteiger partial charge in [-0.3, -0.25) is 4.79 Å². The van der Waals surface area contributed by atoms with Gasteiger partial charge in [-0.05, 0) is 43.9 Å². The number of hydrogen-bond donors (Lipinski definition) is 2. The number of fused-ring (bicyclic) bond motifs is 2. The summed E-state index contributed by atoms with van der Waals surface area (Å²) in [6.07, 6.45) is 5.92. The second-order valence-corrected chi connectivity index (χ2v) is 7.37. The molecule has 4 unspecified atom stereocenters. The molecule has 0 aromatic carbocycles. The van der Waals surface area contributed by atoms with Crippen molar-refractivity contribution in [3.63, 3.8) is 0 Å². The van der Waals surface area contributed by atoms with E-state index < -0.39 is 0 Å². The molecule has 3 aliphatic rings. The summed E-state index contributed by atoms with van der Waals surface area (Å²) in [7, 11) is 0. The monoisotopic (exact) mass is 292 g/mol. The van der Waals surface area contributed by atoms with E-state index in [0.717, 1.165) is 23.4 Å². The normalized spacial score (nSPS) is 35.5. The topological polar surface area (TPSA) is 62.2 Å². The van der Waals surface area contributed by atoms with Crippen LogP contribution in [0.4, 0.5) is 0 Å². The fourth-order valence-corrected chi connectivity index (χ4v) is 4.97. The lowest BCUT2D eigenvalue weighted by atomic mass is 9.85. The largest absolute Gasteiger partial charge is 0.396 e. The molecule has 2 N–H and O–H groups in total. The Morgan fingerprint density at radius 1 is 1.35 bits per heavy atom. The third-order valence-corrected chi connectivity index (χ3v) is 6.20. The van der Waals surface area contributed by atoms with E-state index in [-0.39, 0.29) is 24.5 Å². The number of nitrogens with zero attached hydrogens (tertiary/aromatic N) is 1. The maximum absolute atomic E-state index is 12.5. The van der Waals surface area contributed by atoms with Gasteiger partial charge in [0.2, 0.25) is 0 Å². The van der Waals surface area contributed by atoms with Crippen LogP contribution in [-0.2, 0) is 0 Å². The zero-order valence-corrected chi connectivity index (χ0v) is 12.2. The average molecular weight is 292 g/mol. The highest BCUT2D eigenvalue weighted by Gasteiger charge is 2.48.